The molecule has 0 aliphatic heterocycles. The van der Waals surface area contributed by atoms with Crippen molar-refractivity contribution in [2.75, 3.05) is 4.90 Å². The van der Waals surface area contributed by atoms with Crippen molar-refractivity contribution >= 4 is 11.9 Å². The first-order valence-corrected chi connectivity index (χ1v) is 6.38. The lowest BCUT2D eigenvalue weighted by atomic mass is 10.3. The van der Waals surface area contributed by atoms with E-state index in [4.69, 9.17) is 0 Å². The van der Waals surface area contributed by atoms with Gasteiger partial charge in [-0.15, -0.1) is 0 Å². The number of hydrogen-bond donors (Lipinski definition) is 0. The minimum absolute atomic E-state index is 0.622. The Morgan fingerprint density at radius 1 is 0.900 bits per heavy atom. The Bertz CT molecular complexity index is 644. The molecule has 0 spiro atoms. The molecule has 0 amide bonds. The standard InChI is InChI=1S/C14H16N6/c1-18-9-7-16-13(18)20(14-17-8-10-19(14)2)11-12-5-3-4-6-15-12/h3-10H,11H2,1-2H3. The van der Waals surface area contributed by atoms with Gasteiger partial charge in [-0.1, -0.05) is 6.07 Å². The summed E-state index contributed by atoms with van der Waals surface area (Å²) >= 11 is 0. The van der Waals surface area contributed by atoms with E-state index < -0.39 is 0 Å². The maximum atomic E-state index is 4.42. The van der Waals surface area contributed by atoms with Crippen LogP contribution in [0, 0.1) is 0 Å². The number of anilines is 2. The fraction of sp³-hybridized carbons (Fsp3) is 0.214. The van der Waals surface area contributed by atoms with Gasteiger partial charge >= 0.3 is 0 Å². The second kappa shape index (κ2) is 5.16. The first-order valence-electron chi connectivity index (χ1n) is 6.38. The summed E-state index contributed by atoms with van der Waals surface area (Å²) in [5.74, 6) is 1.68. The van der Waals surface area contributed by atoms with Crippen LogP contribution in [0.2, 0.25) is 0 Å². The maximum absolute atomic E-state index is 4.42. The molecule has 0 atom stereocenters. The van der Waals surface area contributed by atoms with E-state index in [9.17, 15) is 0 Å². The van der Waals surface area contributed by atoms with Gasteiger partial charge in [0.25, 0.3) is 0 Å². The van der Waals surface area contributed by atoms with Crippen molar-refractivity contribution < 1.29 is 0 Å². The Labute approximate surface area is 117 Å². The minimum atomic E-state index is 0.622. The van der Waals surface area contributed by atoms with Crippen LogP contribution >= 0.6 is 0 Å². The van der Waals surface area contributed by atoms with Crippen LogP contribution in [0.5, 0.6) is 0 Å². The Morgan fingerprint density at radius 3 is 2.00 bits per heavy atom. The Kier molecular flexibility index (Phi) is 3.20. The molecule has 3 heterocycles. The van der Waals surface area contributed by atoms with E-state index in [-0.39, 0.29) is 0 Å². The molecule has 6 nitrogen and oxygen atoms in total. The Morgan fingerprint density at radius 2 is 1.55 bits per heavy atom. The molecule has 102 valence electrons. The van der Waals surface area contributed by atoms with Crippen LogP contribution in [0.25, 0.3) is 0 Å². The predicted octanol–water partition coefficient (Wildman–Crippen LogP) is 1.89. The largest absolute Gasteiger partial charge is 0.320 e. The van der Waals surface area contributed by atoms with Gasteiger partial charge in [0.1, 0.15) is 0 Å². The molecule has 0 unspecified atom stereocenters. The lowest BCUT2D eigenvalue weighted by Gasteiger charge is -2.22. The van der Waals surface area contributed by atoms with Crippen molar-refractivity contribution in [2.45, 2.75) is 6.54 Å². The third kappa shape index (κ3) is 2.27. The van der Waals surface area contributed by atoms with E-state index in [1.54, 1.807) is 18.6 Å². The number of aromatic nitrogens is 5. The molecule has 0 saturated heterocycles. The Hall–Kier alpha value is -2.63. The quantitative estimate of drug-likeness (QED) is 0.725. The van der Waals surface area contributed by atoms with Crippen LogP contribution in [0.1, 0.15) is 5.69 Å². The highest BCUT2D eigenvalue weighted by Gasteiger charge is 2.18. The fourth-order valence-corrected chi connectivity index (χ4v) is 2.12. The second-order valence-corrected chi connectivity index (χ2v) is 4.58. The van der Waals surface area contributed by atoms with Crippen molar-refractivity contribution in [2.24, 2.45) is 14.1 Å². The summed E-state index contributed by atoms with van der Waals surface area (Å²) < 4.78 is 3.94. The summed E-state index contributed by atoms with van der Waals surface area (Å²) in [7, 11) is 3.94. The molecule has 3 aromatic rings. The third-order valence-corrected chi connectivity index (χ3v) is 3.12. The summed E-state index contributed by atoms with van der Waals surface area (Å²) in [6.45, 7) is 0.622. The summed E-state index contributed by atoms with van der Waals surface area (Å²) in [6, 6.07) is 5.89. The monoisotopic (exact) mass is 268 g/mol. The van der Waals surface area contributed by atoms with Crippen LogP contribution in [0.3, 0.4) is 0 Å². The molecule has 0 fully saturated rings. The summed E-state index contributed by atoms with van der Waals surface area (Å²) in [5.41, 5.74) is 0.971. The van der Waals surface area contributed by atoms with Crippen molar-refractivity contribution in [3.8, 4) is 0 Å². The van der Waals surface area contributed by atoms with Gasteiger partial charge in [0, 0.05) is 45.1 Å². The second-order valence-electron chi connectivity index (χ2n) is 4.58. The van der Waals surface area contributed by atoms with Gasteiger partial charge in [-0.3, -0.25) is 9.88 Å². The zero-order chi connectivity index (χ0) is 13.9. The number of imidazole rings is 2. The smallest absolute Gasteiger partial charge is 0.212 e. The van der Waals surface area contributed by atoms with E-state index >= 15 is 0 Å². The van der Waals surface area contributed by atoms with Crippen molar-refractivity contribution in [1.29, 1.82) is 0 Å². The SMILES string of the molecule is Cn1ccnc1N(Cc1ccccn1)c1nccn1C. The van der Waals surface area contributed by atoms with Gasteiger partial charge in [0.05, 0.1) is 12.2 Å². The number of nitrogens with zero attached hydrogens (tertiary/aromatic N) is 6. The number of hydrogen-bond acceptors (Lipinski definition) is 4. The normalized spacial score (nSPS) is 10.7. The summed E-state index contributed by atoms with van der Waals surface area (Å²) in [6.07, 6.45) is 9.20. The first kappa shape index (κ1) is 12.4. The molecule has 0 N–H and O–H groups in total. The molecule has 3 rings (SSSR count). The molecule has 0 radical (unpaired) electrons. The molecule has 3 aromatic heterocycles. The molecule has 0 aliphatic rings. The molecule has 0 saturated carbocycles. The lowest BCUT2D eigenvalue weighted by molar-refractivity contribution is 0.768. The van der Waals surface area contributed by atoms with E-state index in [2.05, 4.69) is 15.0 Å². The molecular weight excluding hydrogens is 252 g/mol. The number of pyridine rings is 1. The van der Waals surface area contributed by atoms with E-state index in [1.165, 1.54) is 0 Å². The van der Waals surface area contributed by atoms with Crippen LogP contribution in [-0.2, 0) is 20.6 Å². The van der Waals surface area contributed by atoms with Crippen LogP contribution in [0.15, 0.2) is 49.2 Å². The van der Waals surface area contributed by atoms with E-state index in [0.717, 1.165) is 17.6 Å². The van der Waals surface area contributed by atoms with Crippen molar-refractivity contribution in [3.63, 3.8) is 0 Å². The lowest BCUT2D eigenvalue weighted by Crippen LogP contribution is -2.23. The molecular formula is C14H16N6. The maximum Gasteiger partial charge on any atom is 0.212 e. The Balaban J connectivity index is 2.01. The average Bonchev–Trinajstić information content (AvgIpc) is 3.06. The van der Waals surface area contributed by atoms with Gasteiger partial charge in [-0.05, 0) is 12.1 Å². The van der Waals surface area contributed by atoms with Gasteiger partial charge < -0.3 is 9.13 Å². The molecule has 0 aliphatic carbocycles. The summed E-state index contributed by atoms with van der Waals surface area (Å²) in [4.78, 5) is 15.3. The molecule has 0 aromatic carbocycles. The van der Waals surface area contributed by atoms with Gasteiger partial charge in [0.15, 0.2) is 0 Å². The third-order valence-electron chi connectivity index (χ3n) is 3.12. The number of aryl methyl sites for hydroxylation is 2. The fourth-order valence-electron chi connectivity index (χ4n) is 2.12. The first-order chi connectivity index (χ1) is 9.75. The van der Waals surface area contributed by atoms with Crippen LogP contribution < -0.4 is 4.90 Å². The topological polar surface area (TPSA) is 51.8 Å². The van der Waals surface area contributed by atoms with Gasteiger partial charge in [0.2, 0.25) is 11.9 Å². The van der Waals surface area contributed by atoms with Gasteiger partial charge in [-0.25, -0.2) is 9.97 Å². The highest BCUT2D eigenvalue weighted by molar-refractivity contribution is 5.49. The highest BCUT2D eigenvalue weighted by atomic mass is 15.4. The van der Waals surface area contributed by atoms with Crippen molar-refractivity contribution in [1.82, 2.24) is 24.1 Å². The van der Waals surface area contributed by atoms with E-state index in [1.807, 2.05) is 58.7 Å². The summed E-state index contributed by atoms with van der Waals surface area (Å²) in [5, 5.41) is 0. The number of rotatable bonds is 4. The van der Waals surface area contributed by atoms with Gasteiger partial charge in [-0.2, -0.15) is 0 Å². The van der Waals surface area contributed by atoms with Crippen LogP contribution in [-0.4, -0.2) is 24.1 Å². The molecule has 20 heavy (non-hydrogen) atoms. The molecule has 0 bridgehead atoms. The van der Waals surface area contributed by atoms with Crippen molar-refractivity contribution in [3.05, 3.63) is 54.9 Å². The molecule has 6 heteroatoms. The predicted molar refractivity (Wildman–Crippen MR) is 76.5 cm³/mol. The minimum Gasteiger partial charge on any atom is -0.320 e. The highest BCUT2D eigenvalue weighted by Crippen LogP contribution is 2.23. The van der Waals surface area contributed by atoms with Crippen LogP contribution in [0.4, 0.5) is 11.9 Å². The zero-order valence-corrected chi connectivity index (χ0v) is 11.5. The van der Waals surface area contributed by atoms with E-state index in [0.29, 0.717) is 6.54 Å². The zero-order valence-electron chi connectivity index (χ0n) is 11.5. The average molecular weight is 268 g/mol.